The zero-order valence-electron chi connectivity index (χ0n) is 29.8. The zero-order valence-corrected chi connectivity index (χ0v) is 29.8. The van der Waals surface area contributed by atoms with Crippen molar-refractivity contribution < 1.29 is 23.9 Å². The highest BCUT2D eigenvalue weighted by atomic mass is 16.8. The van der Waals surface area contributed by atoms with Crippen molar-refractivity contribution in [2.75, 3.05) is 31.1 Å². The highest BCUT2D eigenvalue weighted by Gasteiger charge is 2.32. The predicted octanol–water partition coefficient (Wildman–Crippen LogP) is 5.69. The van der Waals surface area contributed by atoms with Gasteiger partial charge in [-0.2, -0.15) is 0 Å². The van der Waals surface area contributed by atoms with Crippen molar-refractivity contribution in [2.45, 2.75) is 123 Å². The second-order valence-electron chi connectivity index (χ2n) is 14.6. The zero-order chi connectivity index (χ0) is 34.4. The number of amides is 1. The Kier molecular flexibility index (Phi) is 14.6. The molecule has 11 heteroatoms. The maximum absolute atomic E-state index is 13.2. The van der Waals surface area contributed by atoms with Crippen LogP contribution in [0.1, 0.15) is 113 Å². The molecule has 5 rings (SSSR count). The van der Waals surface area contributed by atoms with Gasteiger partial charge in [-0.3, -0.25) is 9.59 Å². The van der Waals surface area contributed by atoms with E-state index in [9.17, 15) is 9.59 Å². The van der Waals surface area contributed by atoms with E-state index < -0.39 is 12.2 Å². The fraction of sp³-hybridized carbons (Fsp3) is 0.684. The average Bonchev–Trinajstić information content (AvgIpc) is 3.64. The monoisotopic (exact) mass is 678 g/mol. The summed E-state index contributed by atoms with van der Waals surface area (Å²) in [4.78, 5) is 41.9. The van der Waals surface area contributed by atoms with Crippen molar-refractivity contribution in [3.63, 3.8) is 0 Å². The fourth-order valence-electron chi connectivity index (χ4n) is 7.07. The summed E-state index contributed by atoms with van der Waals surface area (Å²) in [6.07, 6.45) is 15.0. The number of carbonyl (C=O) groups excluding carboxylic acids is 2. The molecule has 0 spiro atoms. The number of ether oxygens (including phenoxy) is 2. The van der Waals surface area contributed by atoms with Gasteiger partial charge in [0, 0.05) is 38.6 Å². The van der Waals surface area contributed by atoms with E-state index >= 15 is 0 Å². The number of aromatic nitrogens is 2. The molecule has 2 atom stereocenters. The topological polar surface area (TPSA) is 127 Å². The van der Waals surface area contributed by atoms with E-state index in [1.54, 1.807) is 6.92 Å². The van der Waals surface area contributed by atoms with E-state index in [0.29, 0.717) is 42.4 Å². The van der Waals surface area contributed by atoms with Crippen molar-refractivity contribution in [1.82, 2.24) is 26.1 Å². The first-order chi connectivity index (χ1) is 23.8. The Morgan fingerprint density at radius 3 is 2.14 bits per heavy atom. The van der Waals surface area contributed by atoms with E-state index in [1.807, 2.05) is 0 Å². The molecule has 3 fully saturated rings. The Hall–Kier alpha value is -3.12. The highest BCUT2D eigenvalue weighted by molar-refractivity contribution is 5.92. The summed E-state index contributed by atoms with van der Waals surface area (Å²) in [5, 5.41) is 7.24. The van der Waals surface area contributed by atoms with Gasteiger partial charge in [0.25, 0.3) is 5.91 Å². The van der Waals surface area contributed by atoms with E-state index in [0.717, 1.165) is 64.7 Å². The molecule has 270 valence electrons. The quantitative estimate of drug-likeness (QED) is 0.109. The van der Waals surface area contributed by atoms with Crippen molar-refractivity contribution in [1.29, 1.82) is 0 Å². The SMILES string of the molecule is CC(C)COC(C)ONC(=O)c1cnc(N2CCC(CNCc3ccc(CN[C@H](C(=O)OC4CCCC4)C4CCCCC4)cc3)CC2)nc1. The molecule has 2 aliphatic carbocycles. The number of hydrogen-bond donors (Lipinski definition) is 3. The number of nitrogens with one attached hydrogen (secondary N) is 3. The number of anilines is 1. The molecule has 1 aromatic carbocycles. The molecule has 2 saturated carbocycles. The van der Waals surface area contributed by atoms with Crippen molar-refractivity contribution in [3.8, 4) is 0 Å². The first-order valence-electron chi connectivity index (χ1n) is 18.7. The summed E-state index contributed by atoms with van der Waals surface area (Å²) in [6, 6.07) is 8.51. The van der Waals surface area contributed by atoms with Gasteiger partial charge in [-0.15, -0.1) is 0 Å². The first kappa shape index (κ1) is 37.1. The molecule has 1 saturated heterocycles. The summed E-state index contributed by atoms with van der Waals surface area (Å²) in [6.45, 7) is 10.6. The van der Waals surface area contributed by atoms with Crippen LogP contribution in [-0.2, 0) is 32.2 Å². The van der Waals surface area contributed by atoms with E-state index in [4.69, 9.17) is 14.3 Å². The Morgan fingerprint density at radius 1 is 0.857 bits per heavy atom. The van der Waals surface area contributed by atoms with E-state index in [1.165, 1.54) is 55.6 Å². The Balaban J connectivity index is 0.988. The van der Waals surface area contributed by atoms with Gasteiger partial charge < -0.3 is 25.0 Å². The number of hydroxylamine groups is 1. The third-order valence-corrected chi connectivity index (χ3v) is 10.1. The van der Waals surface area contributed by atoms with E-state index in [2.05, 4.69) is 69.1 Å². The lowest BCUT2D eigenvalue weighted by atomic mass is 9.83. The molecule has 1 amide bonds. The third-order valence-electron chi connectivity index (χ3n) is 10.1. The molecule has 0 bridgehead atoms. The lowest BCUT2D eigenvalue weighted by molar-refractivity contribution is -0.163. The Labute approximate surface area is 292 Å². The van der Waals surface area contributed by atoms with Gasteiger partial charge in [0.2, 0.25) is 5.95 Å². The largest absolute Gasteiger partial charge is 0.461 e. The van der Waals surface area contributed by atoms with Crippen LogP contribution >= 0.6 is 0 Å². The summed E-state index contributed by atoms with van der Waals surface area (Å²) in [5.74, 6) is 1.54. The van der Waals surface area contributed by atoms with Gasteiger partial charge in [-0.25, -0.2) is 20.3 Å². The molecule has 2 aromatic rings. The number of piperidine rings is 1. The van der Waals surface area contributed by atoms with Crippen LogP contribution in [0.4, 0.5) is 5.95 Å². The lowest BCUT2D eigenvalue weighted by Crippen LogP contribution is -2.45. The minimum Gasteiger partial charge on any atom is -0.461 e. The normalized spacial score (nSPS) is 19.2. The van der Waals surface area contributed by atoms with Crippen molar-refractivity contribution >= 4 is 17.8 Å². The van der Waals surface area contributed by atoms with Crippen LogP contribution in [0, 0.1) is 17.8 Å². The number of hydrogen-bond acceptors (Lipinski definition) is 10. The molecule has 1 aliphatic heterocycles. The smallest absolute Gasteiger partial charge is 0.323 e. The molecule has 2 heterocycles. The Bertz CT molecular complexity index is 1270. The van der Waals surface area contributed by atoms with Crippen LogP contribution in [0.3, 0.4) is 0 Å². The number of rotatable bonds is 17. The highest BCUT2D eigenvalue weighted by Crippen LogP contribution is 2.29. The van der Waals surface area contributed by atoms with Gasteiger partial charge in [-0.1, -0.05) is 57.4 Å². The fourth-order valence-corrected chi connectivity index (χ4v) is 7.07. The molecular weight excluding hydrogens is 620 g/mol. The van der Waals surface area contributed by atoms with Gasteiger partial charge in [-0.05, 0) is 93.7 Å². The number of carbonyl (C=O) groups is 2. The molecule has 3 N–H and O–H groups in total. The maximum atomic E-state index is 13.2. The van der Waals surface area contributed by atoms with Crippen LogP contribution in [0.25, 0.3) is 0 Å². The maximum Gasteiger partial charge on any atom is 0.323 e. The molecule has 3 aliphatic rings. The summed E-state index contributed by atoms with van der Waals surface area (Å²) < 4.78 is 11.5. The van der Waals surface area contributed by atoms with Crippen LogP contribution in [-0.4, -0.2) is 66.5 Å². The molecule has 1 aromatic heterocycles. The van der Waals surface area contributed by atoms with Gasteiger partial charge >= 0.3 is 5.97 Å². The standard InChI is InChI=1S/C38H58N6O5/c1-27(2)26-47-28(3)49-43-36(45)33-24-41-38(42-25-33)44-19-17-31(18-20-44)22-39-21-29-13-15-30(16-14-29)23-40-35(32-9-5-4-6-10-32)37(46)48-34-11-7-8-12-34/h13-16,24-25,27-28,31-32,34-35,39-40H,4-12,17-23,26H2,1-3H3,(H,43,45)/t28?,35-/m0/s1. The van der Waals surface area contributed by atoms with Crippen LogP contribution in [0.15, 0.2) is 36.7 Å². The molecule has 1 unspecified atom stereocenters. The third kappa shape index (κ3) is 12.0. The predicted molar refractivity (Wildman–Crippen MR) is 189 cm³/mol. The molecule has 11 nitrogen and oxygen atoms in total. The summed E-state index contributed by atoms with van der Waals surface area (Å²) in [7, 11) is 0. The van der Waals surface area contributed by atoms with Crippen LogP contribution < -0.4 is 21.0 Å². The lowest BCUT2D eigenvalue weighted by Gasteiger charge is -2.32. The van der Waals surface area contributed by atoms with Gasteiger partial charge in [0.15, 0.2) is 6.29 Å². The van der Waals surface area contributed by atoms with Crippen molar-refractivity contribution in [2.24, 2.45) is 17.8 Å². The second kappa shape index (κ2) is 19.3. The summed E-state index contributed by atoms with van der Waals surface area (Å²) in [5.41, 5.74) is 5.20. The molecular formula is C38H58N6O5. The second-order valence-corrected chi connectivity index (χ2v) is 14.6. The van der Waals surface area contributed by atoms with Crippen LogP contribution in [0.5, 0.6) is 0 Å². The van der Waals surface area contributed by atoms with Gasteiger partial charge in [0.1, 0.15) is 12.1 Å². The number of benzene rings is 1. The summed E-state index contributed by atoms with van der Waals surface area (Å²) >= 11 is 0. The first-order valence-corrected chi connectivity index (χ1v) is 18.7. The average molecular weight is 679 g/mol. The Morgan fingerprint density at radius 2 is 1.49 bits per heavy atom. The van der Waals surface area contributed by atoms with Gasteiger partial charge in [0.05, 0.1) is 12.2 Å². The molecule has 0 radical (unpaired) electrons. The minimum atomic E-state index is -0.542. The van der Waals surface area contributed by atoms with E-state index in [-0.39, 0.29) is 18.1 Å². The molecule has 49 heavy (non-hydrogen) atoms. The van der Waals surface area contributed by atoms with Crippen LogP contribution in [0.2, 0.25) is 0 Å². The number of nitrogens with zero attached hydrogens (tertiary/aromatic N) is 3. The van der Waals surface area contributed by atoms with Crippen molar-refractivity contribution in [3.05, 3.63) is 53.3 Å². The minimum absolute atomic E-state index is 0.0417. The number of esters is 1.